The van der Waals surface area contributed by atoms with E-state index in [2.05, 4.69) is 0 Å². The van der Waals surface area contributed by atoms with Crippen LogP contribution in [-0.2, 0) is 20.0 Å². The van der Waals surface area contributed by atoms with Crippen LogP contribution in [0.2, 0.25) is 0 Å². The molecule has 0 spiro atoms. The van der Waals surface area contributed by atoms with Crippen LogP contribution in [0.15, 0.2) is 35.1 Å². The van der Waals surface area contributed by atoms with Gasteiger partial charge in [-0.05, 0) is 39.1 Å². The highest BCUT2D eigenvalue weighted by Gasteiger charge is 2.74. The number of rotatable bonds is 2. The number of nitrogens with zero attached hydrogens (tertiary/aromatic N) is 1. The number of likely N-dealkylation sites (N-methyl/N-ethyl adjacent to an activating group) is 1. The molecule has 0 saturated heterocycles. The third-order valence-electron chi connectivity index (χ3n) is 7.11. The Hall–Kier alpha value is -3.25. The second-order valence-electron chi connectivity index (χ2n) is 9.15. The first-order valence-corrected chi connectivity index (χ1v) is 10.1. The number of Topliss-reactive ketones (excluding diaryl/α,β-unsaturated/α-hetero) is 2. The Labute approximate surface area is 187 Å². The molecule has 5 atom stereocenters. The van der Waals surface area contributed by atoms with E-state index in [0.717, 1.165) is 4.90 Å². The summed E-state index contributed by atoms with van der Waals surface area (Å²) < 4.78 is 0. The summed E-state index contributed by atoms with van der Waals surface area (Å²) in [6, 6.07) is 2.33. The maximum absolute atomic E-state index is 13.7. The van der Waals surface area contributed by atoms with Crippen LogP contribution >= 0.6 is 0 Å². The summed E-state index contributed by atoms with van der Waals surface area (Å²) in [5, 5.41) is 66.6. The molecule has 1 amide bonds. The fourth-order valence-corrected chi connectivity index (χ4v) is 5.57. The molecule has 0 radical (unpaired) electrons. The molecule has 4 rings (SSSR count). The molecule has 11 heteroatoms. The average molecular weight is 460 g/mol. The number of phenols is 1. The van der Waals surface area contributed by atoms with Crippen molar-refractivity contribution >= 4 is 23.2 Å². The lowest BCUT2D eigenvalue weighted by molar-refractivity contribution is -0.210. The Morgan fingerprint density at radius 3 is 2.27 bits per heavy atom. The summed E-state index contributed by atoms with van der Waals surface area (Å²) in [5.41, 5.74) is -4.54. The molecule has 176 valence electrons. The predicted octanol–water partition coefficient (Wildman–Crippen LogP) is -1.26. The molecule has 1 aromatic rings. The van der Waals surface area contributed by atoms with E-state index in [4.69, 9.17) is 5.73 Å². The molecule has 1 aromatic carbocycles. The van der Waals surface area contributed by atoms with Gasteiger partial charge < -0.3 is 36.4 Å². The van der Waals surface area contributed by atoms with Gasteiger partial charge in [0.05, 0.1) is 11.2 Å². The van der Waals surface area contributed by atoms with Gasteiger partial charge in [-0.15, -0.1) is 0 Å². The normalized spacial score (nSPS) is 36.0. The quantitative estimate of drug-likeness (QED) is 0.261. The van der Waals surface area contributed by atoms with Gasteiger partial charge in [-0.2, -0.15) is 0 Å². The van der Waals surface area contributed by atoms with E-state index in [1.165, 1.54) is 39.2 Å². The van der Waals surface area contributed by atoms with Crippen molar-refractivity contribution in [2.75, 3.05) is 14.1 Å². The Morgan fingerprint density at radius 2 is 1.73 bits per heavy atom. The second kappa shape index (κ2) is 6.64. The number of benzene rings is 1. The molecule has 11 nitrogen and oxygen atoms in total. The predicted molar refractivity (Wildman–Crippen MR) is 112 cm³/mol. The van der Waals surface area contributed by atoms with Crippen LogP contribution in [0, 0.1) is 5.92 Å². The Bertz CT molecular complexity index is 1200. The molecule has 1 saturated carbocycles. The molecule has 3 aliphatic carbocycles. The molecule has 0 unspecified atom stereocenters. The highest BCUT2D eigenvalue weighted by molar-refractivity contribution is 6.25. The summed E-state index contributed by atoms with van der Waals surface area (Å²) in [6.45, 7) is 1.29. The first kappa shape index (κ1) is 22.9. The molecule has 0 aromatic heterocycles. The number of hydrogen-bond acceptors (Lipinski definition) is 10. The van der Waals surface area contributed by atoms with Gasteiger partial charge in [-0.1, -0.05) is 12.1 Å². The first-order chi connectivity index (χ1) is 15.1. The number of nitrogens with two attached hydrogens (primary N) is 1. The van der Waals surface area contributed by atoms with Crippen molar-refractivity contribution in [2.45, 2.75) is 36.2 Å². The number of hydrogen-bond donors (Lipinski definition) is 7. The minimum absolute atomic E-state index is 0.0525. The van der Waals surface area contributed by atoms with Crippen LogP contribution < -0.4 is 5.73 Å². The highest BCUT2D eigenvalue weighted by atomic mass is 16.4. The summed E-state index contributed by atoms with van der Waals surface area (Å²) >= 11 is 0. The van der Waals surface area contributed by atoms with Crippen LogP contribution in [0.4, 0.5) is 0 Å². The van der Waals surface area contributed by atoms with Crippen molar-refractivity contribution in [2.24, 2.45) is 11.7 Å². The minimum Gasteiger partial charge on any atom is -0.508 e. The fraction of sp³-hybridized carbons (Fsp3) is 0.409. The number of fused-ring (bicyclic) bond motifs is 3. The highest BCUT2D eigenvalue weighted by Crippen LogP contribution is 2.58. The van der Waals surface area contributed by atoms with Gasteiger partial charge in [0.2, 0.25) is 11.4 Å². The van der Waals surface area contributed by atoms with Gasteiger partial charge in [0.1, 0.15) is 28.7 Å². The van der Waals surface area contributed by atoms with Crippen LogP contribution in [0.3, 0.4) is 0 Å². The monoisotopic (exact) mass is 460 g/mol. The Kier molecular flexibility index (Phi) is 4.61. The number of aliphatic hydroxyl groups is 5. The van der Waals surface area contributed by atoms with Crippen molar-refractivity contribution < 1.29 is 45.0 Å². The molecule has 33 heavy (non-hydrogen) atoms. The Balaban J connectivity index is 2.11. The van der Waals surface area contributed by atoms with Gasteiger partial charge in [-0.25, -0.2) is 0 Å². The van der Waals surface area contributed by atoms with E-state index in [9.17, 15) is 45.0 Å². The first-order valence-electron chi connectivity index (χ1n) is 10.1. The number of aliphatic hydroxyl groups excluding tert-OH is 2. The third-order valence-corrected chi connectivity index (χ3v) is 7.11. The molecule has 0 heterocycles. The minimum atomic E-state index is -3.25. The fourth-order valence-electron chi connectivity index (χ4n) is 5.57. The molecule has 1 fully saturated rings. The van der Waals surface area contributed by atoms with E-state index in [1.807, 2.05) is 0 Å². The number of carbonyl (C=O) groups excluding carboxylic acids is 3. The number of ketones is 2. The van der Waals surface area contributed by atoms with Crippen molar-refractivity contribution in [3.05, 3.63) is 46.2 Å². The van der Waals surface area contributed by atoms with E-state index < -0.39 is 81.1 Å². The summed E-state index contributed by atoms with van der Waals surface area (Å²) in [5.74, 6) is -8.01. The molecular formula is C22H24N2O9. The van der Waals surface area contributed by atoms with Crippen molar-refractivity contribution in [1.82, 2.24) is 4.90 Å². The van der Waals surface area contributed by atoms with Crippen molar-refractivity contribution in [3.63, 3.8) is 0 Å². The molecule has 0 aliphatic heterocycles. The maximum Gasteiger partial charge on any atom is 0.255 e. The maximum atomic E-state index is 13.7. The summed E-state index contributed by atoms with van der Waals surface area (Å²) in [4.78, 5) is 39.9. The number of amides is 1. The van der Waals surface area contributed by atoms with Gasteiger partial charge in [0.15, 0.2) is 11.5 Å². The van der Waals surface area contributed by atoms with Crippen LogP contribution in [-0.4, -0.2) is 84.4 Å². The zero-order valence-corrected chi connectivity index (χ0v) is 18.0. The van der Waals surface area contributed by atoms with Crippen LogP contribution in [0.25, 0.3) is 5.76 Å². The number of phenolic OH excluding ortho intramolecular Hbond substituents is 1. The molecule has 3 aliphatic rings. The zero-order chi connectivity index (χ0) is 24.8. The van der Waals surface area contributed by atoms with Gasteiger partial charge in [-0.3, -0.25) is 19.3 Å². The van der Waals surface area contributed by atoms with Crippen molar-refractivity contribution in [3.8, 4) is 5.75 Å². The smallest absolute Gasteiger partial charge is 0.255 e. The standard InChI is InChI=1S/C22H24N2O9/c1-20(31)8-5-4-6-10(25)11(8)14(26)12-9(20)7-21(32)16(24(2)3)15(27)13(19(23)30)18(29)22(21,33)17(12)28/h4-6,9,16,25-26,29,31-33H,7H2,1-3H3,(H2,23,30)/t9-,16+,20+,21+,22-/m0/s1. The number of carbonyl (C=O) groups is 3. The lowest BCUT2D eigenvalue weighted by Gasteiger charge is -2.57. The topological polar surface area (TPSA) is 202 Å². The summed E-state index contributed by atoms with van der Waals surface area (Å²) in [7, 11) is 2.70. The molecule has 8 N–H and O–H groups in total. The van der Waals surface area contributed by atoms with Crippen LogP contribution in [0.1, 0.15) is 24.5 Å². The van der Waals surface area contributed by atoms with Crippen molar-refractivity contribution in [1.29, 1.82) is 0 Å². The SMILES string of the molecule is CN(C)[C@@H]1C(=O)C(C(N)=O)=C(O)[C@@]2(O)C(=O)C3=C(O)c4c(O)cccc4[C@@](C)(O)[C@H]3C[C@@]12O. The van der Waals surface area contributed by atoms with E-state index in [1.54, 1.807) is 0 Å². The van der Waals surface area contributed by atoms with E-state index in [0.29, 0.717) is 0 Å². The number of aromatic hydroxyl groups is 1. The van der Waals surface area contributed by atoms with E-state index in [-0.39, 0.29) is 11.1 Å². The summed E-state index contributed by atoms with van der Waals surface area (Å²) in [6.07, 6.45) is -0.679. The Morgan fingerprint density at radius 1 is 1.12 bits per heavy atom. The second-order valence-corrected chi connectivity index (χ2v) is 9.15. The van der Waals surface area contributed by atoms with E-state index >= 15 is 0 Å². The molecular weight excluding hydrogens is 436 g/mol. The zero-order valence-electron chi connectivity index (χ0n) is 18.0. The third kappa shape index (κ3) is 2.50. The van der Waals surface area contributed by atoms with Crippen LogP contribution in [0.5, 0.6) is 5.75 Å². The largest absolute Gasteiger partial charge is 0.508 e. The lowest BCUT2D eigenvalue weighted by atomic mass is 9.52. The van der Waals surface area contributed by atoms with Gasteiger partial charge in [0, 0.05) is 11.5 Å². The van der Waals surface area contributed by atoms with Gasteiger partial charge >= 0.3 is 0 Å². The van der Waals surface area contributed by atoms with Gasteiger partial charge in [0.25, 0.3) is 5.91 Å². The lowest BCUT2D eigenvalue weighted by Crippen LogP contribution is -2.77. The average Bonchev–Trinajstić information content (AvgIpc) is 2.69. The number of primary amides is 1. The molecule has 0 bridgehead atoms.